The van der Waals surface area contributed by atoms with E-state index in [4.69, 9.17) is 4.42 Å². The van der Waals surface area contributed by atoms with Crippen LogP contribution in [0.1, 0.15) is 30.9 Å². The summed E-state index contributed by atoms with van der Waals surface area (Å²) in [4.78, 5) is 13.9. The topological polar surface area (TPSA) is 89.2 Å². The summed E-state index contributed by atoms with van der Waals surface area (Å²) in [5.74, 6) is 2.97. The number of furan rings is 1. The van der Waals surface area contributed by atoms with Crippen molar-refractivity contribution in [2.75, 3.05) is 51.2 Å². The molecule has 164 valence electrons. The minimum Gasteiger partial charge on any atom is -0.463 e. The molecule has 2 aromatic heterocycles. The summed E-state index contributed by atoms with van der Waals surface area (Å²) in [6, 6.07) is 7.80. The highest BCUT2D eigenvalue weighted by Gasteiger charge is 2.27. The molecule has 1 fully saturated rings. The smallest absolute Gasteiger partial charge is 0.191 e. The Morgan fingerprint density at radius 3 is 2.57 bits per heavy atom. The predicted octanol–water partition coefficient (Wildman–Crippen LogP) is 1.70. The lowest BCUT2D eigenvalue weighted by Crippen LogP contribution is -2.44. The largest absolute Gasteiger partial charge is 0.463 e. The zero-order valence-electron chi connectivity index (χ0n) is 18.5. The van der Waals surface area contributed by atoms with Crippen molar-refractivity contribution in [2.45, 2.75) is 32.9 Å². The van der Waals surface area contributed by atoms with Crippen molar-refractivity contribution in [2.24, 2.45) is 4.99 Å². The van der Waals surface area contributed by atoms with E-state index in [2.05, 4.69) is 49.6 Å². The fourth-order valence-corrected chi connectivity index (χ4v) is 3.31. The molecule has 0 aromatic carbocycles. The molecule has 3 rings (SSSR count). The highest BCUT2D eigenvalue weighted by molar-refractivity contribution is 5.79. The Morgan fingerprint density at radius 2 is 1.97 bits per heavy atom. The Balaban J connectivity index is 1.57. The number of anilines is 1. The molecule has 3 heterocycles. The molecule has 1 atom stereocenters. The number of aliphatic hydroxyl groups is 1. The summed E-state index contributed by atoms with van der Waals surface area (Å²) in [5.41, 5.74) is -0.0885. The van der Waals surface area contributed by atoms with Crippen LogP contribution >= 0.6 is 0 Å². The van der Waals surface area contributed by atoms with Crippen LogP contribution in [-0.2, 0) is 12.1 Å². The fraction of sp³-hybridized carbons (Fsp3) is 0.545. The molecule has 0 saturated carbocycles. The van der Waals surface area contributed by atoms with Gasteiger partial charge in [-0.1, -0.05) is 6.07 Å². The molecule has 1 unspecified atom stereocenters. The van der Waals surface area contributed by atoms with Crippen molar-refractivity contribution in [1.82, 2.24) is 20.5 Å². The second-order valence-electron chi connectivity index (χ2n) is 8.05. The first kappa shape index (κ1) is 22.1. The zero-order chi connectivity index (χ0) is 21.6. The van der Waals surface area contributed by atoms with Gasteiger partial charge < -0.3 is 30.0 Å². The van der Waals surface area contributed by atoms with E-state index < -0.39 is 5.60 Å². The maximum atomic E-state index is 10.7. The number of aromatic nitrogens is 1. The van der Waals surface area contributed by atoms with Crippen molar-refractivity contribution in [3.8, 4) is 0 Å². The third-order valence-electron chi connectivity index (χ3n) is 5.27. The van der Waals surface area contributed by atoms with Crippen molar-refractivity contribution in [1.29, 1.82) is 0 Å². The van der Waals surface area contributed by atoms with Crippen LogP contribution in [0.5, 0.6) is 0 Å². The van der Waals surface area contributed by atoms with Crippen LogP contribution < -0.4 is 15.5 Å². The Morgan fingerprint density at radius 1 is 1.20 bits per heavy atom. The van der Waals surface area contributed by atoms with E-state index in [1.807, 2.05) is 26.1 Å². The van der Waals surface area contributed by atoms with Crippen LogP contribution in [-0.4, -0.2) is 67.3 Å². The van der Waals surface area contributed by atoms with E-state index in [1.54, 1.807) is 13.0 Å². The Hall–Kier alpha value is -2.58. The van der Waals surface area contributed by atoms with E-state index in [9.17, 15) is 5.11 Å². The molecule has 8 heteroatoms. The van der Waals surface area contributed by atoms with Gasteiger partial charge in [-0.3, -0.25) is 0 Å². The highest BCUT2D eigenvalue weighted by Crippen LogP contribution is 2.22. The monoisotopic (exact) mass is 414 g/mol. The third kappa shape index (κ3) is 5.96. The van der Waals surface area contributed by atoms with Gasteiger partial charge in [0.05, 0.1) is 13.1 Å². The third-order valence-corrected chi connectivity index (χ3v) is 5.27. The molecule has 1 aliphatic heterocycles. The molecule has 0 aliphatic carbocycles. The van der Waals surface area contributed by atoms with E-state index in [0.717, 1.165) is 49.9 Å². The molecule has 2 aromatic rings. The SMILES string of the molecule is CCNC(=NCc1ccc(N2CCN(C)CC2)nc1)NCC(C)(O)c1ccc(C)o1. The molecule has 3 N–H and O–H groups in total. The van der Waals surface area contributed by atoms with Crippen LogP contribution in [0.15, 0.2) is 39.9 Å². The number of aliphatic imine (C=N–C) groups is 1. The van der Waals surface area contributed by atoms with E-state index in [0.29, 0.717) is 18.3 Å². The maximum Gasteiger partial charge on any atom is 0.191 e. The fourth-order valence-electron chi connectivity index (χ4n) is 3.31. The van der Waals surface area contributed by atoms with Crippen LogP contribution in [0.3, 0.4) is 0 Å². The van der Waals surface area contributed by atoms with Gasteiger partial charge in [-0.15, -0.1) is 0 Å². The lowest BCUT2D eigenvalue weighted by molar-refractivity contribution is 0.0378. The second-order valence-corrected chi connectivity index (χ2v) is 8.05. The lowest BCUT2D eigenvalue weighted by atomic mass is 10.0. The van der Waals surface area contributed by atoms with Crippen molar-refractivity contribution in [3.05, 3.63) is 47.5 Å². The van der Waals surface area contributed by atoms with Gasteiger partial charge >= 0.3 is 0 Å². The molecule has 1 saturated heterocycles. The molecule has 0 radical (unpaired) electrons. The van der Waals surface area contributed by atoms with Gasteiger partial charge in [0.1, 0.15) is 22.9 Å². The number of rotatable bonds is 7. The summed E-state index contributed by atoms with van der Waals surface area (Å²) in [7, 11) is 2.15. The normalized spacial score (nSPS) is 17.6. The number of pyridine rings is 1. The van der Waals surface area contributed by atoms with Crippen molar-refractivity contribution < 1.29 is 9.52 Å². The number of aryl methyl sites for hydroxylation is 1. The average Bonchev–Trinajstić information content (AvgIpc) is 3.18. The number of likely N-dealkylation sites (N-methyl/N-ethyl adjacent to an activating group) is 1. The van der Waals surface area contributed by atoms with Gasteiger partial charge in [0, 0.05) is 38.9 Å². The minimum absolute atomic E-state index is 0.284. The van der Waals surface area contributed by atoms with Crippen LogP contribution in [0.4, 0.5) is 5.82 Å². The van der Waals surface area contributed by atoms with Gasteiger partial charge in [-0.2, -0.15) is 0 Å². The van der Waals surface area contributed by atoms with Crippen LogP contribution in [0.25, 0.3) is 0 Å². The summed E-state index contributed by atoms with van der Waals surface area (Å²) in [6.45, 7) is 11.3. The van der Waals surface area contributed by atoms with Crippen LogP contribution in [0, 0.1) is 6.92 Å². The van der Waals surface area contributed by atoms with Crippen molar-refractivity contribution in [3.63, 3.8) is 0 Å². The number of guanidine groups is 1. The summed E-state index contributed by atoms with van der Waals surface area (Å²) in [5, 5.41) is 17.1. The van der Waals surface area contributed by atoms with Gasteiger partial charge in [-0.25, -0.2) is 9.98 Å². The first-order chi connectivity index (χ1) is 14.4. The molecular formula is C22H34N6O2. The standard InChI is InChI=1S/C22H34N6O2/c1-5-23-21(26-16-22(3,29)19-8-6-17(2)30-19)25-15-18-7-9-20(24-14-18)28-12-10-27(4)11-13-28/h6-9,14,29H,5,10-13,15-16H2,1-4H3,(H2,23,25,26). The minimum atomic E-state index is -1.13. The molecule has 0 spiro atoms. The summed E-state index contributed by atoms with van der Waals surface area (Å²) < 4.78 is 5.57. The average molecular weight is 415 g/mol. The number of nitrogens with one attached hydrogen (secondary N) is 2. The molecular weight excluding hydrogens is 380 g/mol. The van der Waals surface area contributed by atoms with E-state index in [1.165, 1.54) is 0 Å². The van der Waals surface area contributed by atoms with Gasteiger partial charge in [0.25, 0.3) is 0 Å². The molecule has 0 bridgehead atoms. The van der Waals surface area contributed by atoms with Gasteiger partial charge in [0.2, 0.25) is 0 Å². The van der Waals surface area contributed by atoms with Gasteiger partial charge in [0.15, 0.2) is 5.96 Å². The van der Waals surface area contributed by atoms with E-state index in [-0.39, 0.29) is 6.54 Å². The quantitative estimate of drug-likeness (QED) is 0.469. The highest BCUT2D eigenvalue weighted by atomic mass is 16.4. The Kier molecular flexibility index (Phi) is 7.33. The second kappa shape index (κ2) is 9.95. The molecule has 1 aliphatic rings. The number of piperazine rings is 1. The number of hydrogen-bond acceptors (Lipinski definition) is 6. The predicted molar refractivity (Wildman–Crippen MR) is 120 cm³/mol. The Labute approximate surface area is 179 Å². The summed E-state index contributed by atoms with van der Waals surface area (Å²) >= 11 is 0. The van der Waals surface area contributed by atoms with Crippen LogP contribution in [0.2, 0.25) is 0 Å². The number of nitrogens with zero attached hydrogens (tertiary/aromatic N) is 4. The lowest BCUT2D eigenvalue weighted by Gasteiger charge is -2.33. The maximum absolute atomic E-state index is 10.7. The van der Waals surface area contributed by atoms with Gasteiger partial charge in [-0.05, 0) is 51.6 Å². The van der Waals surface area contributed by atoms with E-state index >= 15 is 0 Å². The Bertz CT molecular complexity index is 822. The molecule has 8 nitrogen and oxygen atoms in total. The zero-order valence-corrected chi connectivity index (χ0v) is 18.5. The van der Waals surface area contributed by atoms with Crippen molar-refractivity contribution >= 4 is 11.8 Å². The first-order valence-corrected chi connectivity index (χ1v) is 10.6. The molecule has 30 heavy (non-hydrogen) atoms. The summed E-state index contributed by atoms with van der Waals surface area (Å²) in [6.07, 6.45) is 1.89. The molecule has 0 amide bonds. The first-order valence-electron chi connectivity index (χ1n) is 10.6. The number of hydrogen-bond donors (Lipinski definition) is 3.